The molecule has 1 fully saturated rings. The Morgan fingerprint density at radius 1 is 0.649 bits per heavy atom. The first kappa shape index (κ1) is 27.2. The smallest absolute Gasteiger partial charge is 0.227 e. The van der Waals surface area contributed by atoms with Gasteiger partial charge in [-0.25, -0.2) is 6.57 Å². The van der Waals surface area contributed by atoms with Gasteiger partial charge in [0, 0.05) is 12.3 Å². The van der Waals surface area contributed by atoms with E-state index in [9.17, 15) is 0 Å². The highest BCUT2D eigenvalue weighted by atomic mass is 14.7. The van der Waals surface area contributed by atoms with Gasteiger partial charge in [0.15, 0.2) is 0 Å². The molecule has 1 aliphatic carbocycles. The SMILES string of the molecule is [C-]#[N+][C@H]1CC(c2ccc(-c3ccc(-c4ccc(CCCCCC)cc4)cc3)cc2)CC[C@H]1CCCCC. The number of aryl methyl sites for hydroxylation is 1. The van der Waals surface area contributed by atoms with Crippen LogP contribution in [0, 0.1) is 12.5 Å². The number of rotatable bonds is 12. The molecule has 1 heteroatoms. The number of hydrogen-bond donors (Lipinski definition) is 0. The molecule has 1 nitrogen and oxygen atoms in total. The van der Waals surface area contributed by atoms with Crippen LogP contribution in [0.1, 0.15) is 102 Å². The summed E-state index contributed by atoms with van der Waals surface area (Å²) in [5, 5.41) is 0. The average Bonchev–Trinajstić information content (AvgIpc) is 2.96. The fourth-order valence-electron chi connectivity index (χ4n) is 6.09. The van der Waals surface area contributed by atoms with E-state index in [4.69, 9.17) is 6.57 Å². The molecule has 37 heavy (non-hydrogen) atoms. The topological polar surface area (TPSA) is 4.36 Å². The number of nitrogens with zero attached hydrogens (tertiary/aromatic N) is 1. The minimum absolute atomic E-state index is 0.206. The number of unbranched alkanes of at least 4 members (excludes halogenated alkanes) is 5. The second-order valence-corrected chi connectivity index (χ2v) is 11.2. The van der Waals surface area contributed by atoms with Crippen LogP contribution >= 0.6 is 0 Å². The third-order valence-corrected chi connectivity index (χ3v) is 8.51. The van der Waals surface area contributed by atoms with Crippen molar-refractivity contribution >= 4 is 0 Å². The Morgan fingerprint density at radius 2 is 1.19 bits per heavy atom. The summed E-state index contributed by atoms with van der Waals surface area (Å²) in [6, 6.07) is 27.5. The fraction of sp³-hybridized carbons (Fsp3) is 0.472. The molecule has 3 aromatic carbocycles. The van der Waals surface area contributed by atoms with E-state index in [0.29, 0.717) is 11.8 Å². The molecule has 0 aliphatic heterocycles. The standard InChI is InChI=1S/C36H45N/c1-4-6-8-10-11-28-13-15-29(16-14-28)30-17-19-31(20-18-30)32-21-23-33(24-22-32)35-26-25-34(12-9-7-5-2)36(27-35)37-3/h13-24,34-36H,4-12,25-27H2,1-2H3/t34-,35?,36+/m1/s1. The molecule has 0 saturated heterocycles. The second kappa shape index (κ2) is 14.2. The van der Waals surface area contributed by atoms with Crippen LogP contribution in [0.5, 0.6) is 0 Å². The van der Waals surface area contributed by atoms with Crippen molar-refractivity contribution in [1.82, 2.24) is 0 Å². The average molecular weight is 492 g/mol. The van der Waals surface area contributed by atoms with Crippen LogP contribution in [0.3, 0.4) is 0 Å². The van der Waals surface area contributed by atoms with Gasteiger partial charge >= 0.3 is 0 Å². The second-order valence-electron chi connectivity index (χ2n) is 11.2. The van der Waals surface area contributed by atoms with E-state index >= 15 is 0 Å². The summed E-state index contributed by atoms with van der Waals surface area (Å²) in [6.45, 7) is 12.3. The first-order valence-corrected chi connectivity index (χ1v) is 14.9. The van der Waals surface area contributed by atoms with Gasteiger partial charge in [0.1, 0.15) is 0 Å². The minimum atomic E-state index is 0.206. The van der Waals surface area contributed by atoms with Crippen molar-refractivity contribution in [3.05, 3.63) is 95.3 Å². The maximum absolute atomic E-state index is 7.76. The molecule has 0 radical (unpaired) electrons. The molecule has 194 valence electrons. The number of benzene rings is 3. The zero-order chi connectivity index (χ0) is 25.9. The molecule has 0 N–H and O–H groups in total. The van der Waals surface area contributed by atoms with E-state index in [1.165, 1.54) is 104 Å². The summed E-state index contributed by atoms with van der Waals surface area (Å²) >= 11 is 0. The third-order valence-electron chi connectivity index (χ3n) is 8.51. The van der Waals surface area contributed by atoms with Gasteiger partial charge in [-0.15, -0.1) is 0 Å². The van der Waals surface area contributed by atoms with E-state index in [1.807, 2.05) is 0 Å². The Hall–Kier alpha value is -2.85. The molecular formula is C36H45N. The lowest BCUT2D eigenvalue weighted by Crippen LogP contribution is -2.26. The Balaban J connectivity index is 1.34. The van der Waals surface area contributed by atoms with Crippen LogP contribution in [0.2, 0.25) is 0 Å². The van der Waals surface area contributed by atoms with Gasteiger partial charge in [-0.3, -0.25) is 0 Å². The molecule has 1 unspecified atom stereocenters. The van der Waals surface area contributed by atoms with Crippen LogP contribution in [0.15, 0.2) is 72.8 Å². The quantitative estimate of drug-likeness (QED) is 0.175. The van der Waals surface area contributed by atoms with Gasteiger partial charge in [0.05, 0.1) is 0 Å². The normalized spacial score (nSPS) is 19.4. The molecule has 3 aromatic rings. The van der Waals surface area contributed by atoms with Crippen LogP contribution < -0.4 is 0 Å². The first-order valence-electron chi connectivity index (χ1n) is 14.9. The zero-order valence-corrected chi connectivity index (χ0v) is 23.1. The van der Waals surface area contributed by atoms with Crippen molar-refractivity contribution < 1.29 is 0 Å². The van der Waals surface area contributed by atoms with E-state index in [1.54, 1.807) is 0 Å². The summed E-state index contributed by atoms with van der Waals surface area (Å²) in [5.41, 5.74) is 7.96. The minimum Gasteiger partial charge on any atom is -0.313 e. The molecule has 0 amide bonds. The maximum Gasteiger partial charge on any atom is 0.227 e. The van der Waals surface area contributed by atoms with E-state index in [-0.39, 0.29) is 6.04 Å². The Labute approximate surface area is 226 Å². The predicted molar refractivity (Wildman–Crippen MR) is 160 cm³/mol. The molecule has 3 atom stereocenters. The summed E-state index contributed by atoms with van der Waals surface area (Å²) < 4.78 is 0. The van der Waals surface area contributed by atoms with Gasteiger partial charge in [-0.2, -0.15) is 0 Å². The van der Waals surface area contributed by atoms with Gasteiger partial charge in [-0.1, -0.05) is 125 Å². The lowest BCUT2D eigenvalue weighted by molar-refractivity contribution is 0.287. The summed E-state index contributed by atoms with van der Waals surface area (Å²) in [6.07, 6.45) is 15.0. The highest BCUT2D eigenvalue weighted by Gasteiger charge is 2.34. The Bertz CT molecular complexity index is 1100. The van der Waals surface area contributed by atoms with Crippen LogP contribution in [0.4, 0.5) is 0 Å². The van der Waals surface area contributed by atoms with E-state index in [2.05, 4.69) is 91.5 Å². The van der Waals surface area contributed by atoms with E-state index < -0.39 is 0 Å². The summed E-state index contributed by atoms with van der Waals surface area (Å²) in [4.78, 5) is 4.06. The van der Waals surface area contributed by atoms with Gasteiger partial charge in [-0.05, 0) is 71.4 Å². The van der Waals surface area contributed by atoms with Gasteiger partial charge < -0.3 is 4.85 Å². The Morgan fingerprint density at radius 3 is 1.76 bits per heavy atom. The molecule has 0 aromatic heterocycles. The van der Waals surface area contributed by atoms with Crippen molar-refractivity contribution in [3.63, 3.8) is 0 Å². The molecule has 1 saturated carbocycles. The highest BCUT2D eigenvalue weighted by Crippen LogP contribution is 2.40. The first-order chi connectivity index (χ1) is 18.2. The maximum atomic E-state index is 7.76. The van der Waals surface area contributed by atoms with Crippen molar-refractivity contribution in [3.8, 4) is 22.3 Å². The molecule has 4 rings (SSSR count). The zero-order valence-electron chi connectivity index (χ0n) is 23.1. The Kier molecular flexibility index (Phi) is 10.4. The van der Waals surface area contributed by atoms with Gasteiger partial charge in [0.25, 0.3) is 0 Å². The molecule has 0 bridgehead atoms. The van der Waals surface area contributed by atoms with Crippen LogP contribution in [-0.4, -0.2) is 6.04 Å². The van der Waals surface area contributed by atoms with Crippen LogP contribution in [0.25, 0.3) is 27.1 Å². The van der Waals surface area contributed by atoms with Crippen molar-refractivity contribution in [1.29, 1.82) is 0 Å². The van der Waals surface area contributed by atoms with Gasteiger partial charge in [0.2, 0.25) is 6.04 Å². The van der Waals surface area contributed by atoms with E-state index in [0.717, 1.165) is 6.42 Å². The monoisotopic (exact) mass is 491 g/mol. The molecular weight excluding hydrogens is 446 g/mol. The molecule has 0 heterocycles. The largest absolute Gasteiger partial charge is 0.313 e. The van der Waals surface area contributed by atoms with Crippen molar-refractivity contribution in [2.75, 3.05) is 0 Å². The van der Waals surface area contributed by atoms with Crippen molar-refractivity contribution in [2.24, 2.45) is 5.92 Å². The molecule has 0 spiro atoms. The molecule has 1 aliphatic rings. The highest BCUT2D eigenvalue weighted by molar-refractivity contribution is 5.70. The van der Waals surface area contributed by atoms with Crippen LogP contribution in [-0.2, 0) is 6.42 Å². The summed E-state index contributed by atoms with van der Waals surface area (Å²) in [7, 11) is 0. The third kappa shape index (κ3) is 7.58. The lowest BCUT2D eigenvalue weighted by Gasteiger charge is -2.30. The van der Waals surface area contributed by atoms with Crippen molar-refractivity contribution in [2.45, 2.75) is 103 Å². The fourth-order valence-corrected chi connectivity index (χ4v) is 6.09. The summed E-state index contributed by atoms with van der Waals surface area (Å²) in [5.74, 6) is 1.15. The number of hydrogen-bond acceptors (Lipinski definition) is 0. The lowest BCUT2D eigenvalue weighted by atomic mass is 9.74. The predicted octanol–water partition coefficient (Wildman–Crippen LogP) is 10.9.